The third-order valence-corrected chi connectivity index (χ3v) is 5.72. The lowest BCUT2D eigenvalue weighted by Gasteiger charge is -2.07. The predicted octanol–water partition coefficient (Wildman–Crippen LogP) is 3.24. The maximum absolute atomic E-state index is 13.0. The number of rotatable bonds is 5. The number of aliphatic carboxylic acids is 1. The number of fused-ring (bicyclic) bond motifs is 2. The van der Waals surface area contributed by atoms with Gasteiger partial charge in [-0.3, -0.25) is 19.7 Å². The highest BCUT2D eigenvalue weighted by molar-refractivity contribution is 6.51. The summed E-state index contributed by atoms with van der Waals surface area (Å²) < 4.78 is 1.92. The highest BCUT2D eigenvalue weighted by atomic mass is 16.4. The van der Waals surface area contributed by atoms with Crippen molar-refractivity contribution >= 4 is 50.7 Å². The summed E-state index contributed by atoms with van der Waals surface area (Å²) >= 11 is 0. The van der Waals surface area contributed by atoms with Crippen molar-refractivity contribution in [3.8, 4) is 0 Å². The molecule has 0 saturated heterocycles. The summed E-state index contributed by atoms with van der Waals surface area (Å²) in [5.41, 5.74) is 4.20. The lowest BCUT2D eigenvalue weighted by molar-refractivity contribution is -0.137. The van der Waals surface area contributed by atoms with Crippen LogP contribution in [0.1, 0.15) is 23.2 Å². The number of nitrogens with one attached hydrogen (secondary N) is 2. The zero-order valence-corrected chi connectivity index (χ0v) is 16.7. The van der Waals surface area contributed by atoms with E-state index in [2.05, 4.69) is 10.3 Å². The van der Waals surface area contributed by atoms with Crippen molar-refractivity contribution in [1.29, 1.82) is 0 Å². The Bertz CT molecular complexity index is 1440. The van der Waals surface area contributed by atoms with Crippen molar-refractivity contribution in [2.75, 3.05) is 0 Å². The molecule has 0 atom stereocenters. The fourth-order valence-electron chi connectivity index (χ4n) is 4.39. The molecule has 1 aliphatic heterocycles. The molecule has 3 N–H and O–H groups in total. The number of amides is 2. The van der Waals surface area contributed by atoms with Gasteiger partial charge in [-0.25, -0.2) is 0 Å². The summed E-state index contributed by atoms with van der Waals surface area (Å²) in [6.07, 6.45) is 1.98. The van der Waals surface area contributed by atoms with E-state index in [1.165, 1.54) is 0 Å². The van der Waals surface area contributed by atoms with Crippen LogP contribution in [0.4, 0.5) is 0 Å². The number of aromatic amines is 1. The Morgan fingerprint density at radius 1 is 0.968 bits per heavy atom. The van der Waals surface area contributed by atoms with Crippen LogP contribution in [0, 0.1) is 0 Å². The number of imide groups is 1. The monoisotopic (exact) mass is 413 g/mol. The van der Waals surface area contributed by atoms with E-state index in [9.17, 15) is 19.5 Å². The van der Waals surface area contributed by atoms with Crippen molar-refractivity contribution < 1.29 is 19.5 Å². The molecule has 0 aliphatic carbocycles. The van der Waals surface area contributed by atoms with E-state index in [0.717, 1.165) is 21.8 Å². The van der Waals surface area contributed by atoms with E-state index < -0.39 is 17.8 Å². The Balaban J connectivity index is 1.83. The van der Waals surface area contributed by atoms with Crippen molar-refractivity contribution in [3.05, 3.63) is 71.5 Å². The van der Waals surface area contributed by atoms with Crippen LogP contribution in [-0.4, -0.2) is 32.4 Å². The molecule has 31 heavy (non-hydrogen) atoms. The molecule has 0 unspecified atom stereocenters. The van der Waals surface area contributed by atoms with Crippen LogP contribution in [0.2, 0.25) is 0 Å². The van der Waals surface area contributed by atoms with Gasteiger partial charge in [-0.15, -0.1) is 0 Å². The van der Waals surface area contributed by atoms with Crippen LogP contribution in [0.15, 0.2) is 54.7 Å². The van der Waals surface area contributed by atoms with Gasteiger partial charge in [-0.05, 0) is 18.6 Å². The quantitative estimate of drug-likeness (QED) is 0.437. The molecule has 1 aliphatic rings. The fraction of sp³-hybridized carbons (Fsp3) is 0.125. The molecule has 0 saturated carbocycles. The highest BCUT2D eigenvalue weighted by Crippen LogP contribution is 2.39. The number of carboxylic acids is 1. The molecule has 0 spiro atoms. The standard InChI is InChI=1S/C24H19N3O4/c1-27-12-15(13-6-3-5-9-18(13)27)21-22(24(31)26-23(21)30)20-14-7-2-4-8-16(14)25-17(20)10-11-19(28)29/h2-9,12,25H,10-11H2,1H3,(H,28,29)(H,26,30,31). The van der Waals surface area contributed by atoms with Gasteiger partial charge < -0.3 is 14.7 Å². The number of benzene rings is 2. The lowest BCUT2D eigenvalue weighted by Crippen LogP contribution is -2.22. The van der Waals surface area contributed by atoms with Crippen molar-refractivity contribution in [2.24, 2.45) is 7.05 Å². The second-order valence-electron chi connectivity index (χ2n) is 7.62. The number of hydrogen-bond acceptors (Lipinski definition) is 3. The SMILES string of the molecule is Cn1cc(C2=C(c3c(CCC(=O)O)[nH]c4ccccc34)C(=O)NC2=O)c2ccccc21. The number of aromatic nitrogens is 2. The number of H-pyrrole nitrogens is 1. The molecule has 0 radical (unpaired) electrons. The Kier molecular flexibility index (Phi) is 4.25. The summed E-state index contributed by atoms with van der Waals surface area (Å²) in [4.78, 5) is 40.4. The predicted molar refractivity (Wildman–Crippen MR) is 117 cm³/mol. The van der Waals surface area contributed by atoms with E-state index in [1.807, 2.05) is 66.3 Å². The summed E-state index contributed by atoms with van der Waals surface area (Å²) in [6, 6.07) is 15.2. The number of hydrogen-bond donors (Lipinski definition) is 3. The van der Waals surface area contributed by atoms with Gasteiger partial charge in [0.15, 0.2) is 0 Å². The van der Waals surface area contributed by atoms with E-state index >= 15 is 0 Å². The van der Waals surface area contributed by atoms with Crippen LogP contribution < -0.4 is 5.32 Å². The summed E-state index contributed by atoms with van der Waals surface area (Å²) in [7, 11) is 1.89. The minimum atomic E-state index is -0.931. The molecule has 7 nitrogen and oxygen atoms in total. The van der Waals surface area contributed by atoms with Gasteiger partial charge in [0.25, 0.3) is 11.8 Å². The summed E-state index contributed by atoms with van der Waals surface area (Å²) in [5, 5.41) is 13.3. The first kappa shape index (κ1) is 18.9. The number of para-hydroxylation sites is 2. The molecule has 4 aromatic rings. The first-order valence-electron chi connectivity index (χ1n) is 9.92. The number of carbonyl (C=O) groups excluding carboxylic acids is 2. The fourth-order valence-corrected chi connectivity index (χ4v) is 4.39. The number of carboxylic acid groups (broad SMARTS) is 1. The average molecular weight is 413 g/mol. The molecular weight excluding hydrogens is 394 g/mol. The smallest absolute Gasteiger partial charge is 0.303 e. The molecule has 0 fully saturated rings. The Morgan fingerprint density at radius 3 is 2.42 bits per heavy atom. The summed E-state index contributed by atoms with van der Waals surface area (Å²) in [6.45, 7) is 0. The van der Waals surface area contributed by atoms with Crippen molar-refractivity contribution in [3.63, 3.8) is 0 Å². The van der Waals surface area contributed by atoms with Crippen LogP contribution >= 0.6 is 0 Å². The van der Waals surface area contributed by atoms with E-state index in [0.29, 0.717) is 22.4 Å². The normalized spacial score (nSPS) is 14.1. The van der Waals surface area contributed by atoms with Gasteiger partial charge in [-0.2, -0.15) is 0 Å². The molecule has 2 amide bonds. The number of aryl methyl sites for hydroxylation is 2. The molecule has 2 aromatic heterocycles. The highest BCUT2D eigenvalue weighted by Gasteiger charge is 2.36. The van der Waals surface area contributed by atoms with Gasteiger partial charge in [0, 0.05) is 51.9 Å². The third-order valence-electron chi connectivity index (χ3n) is 5.72. The minimum Gasteiger partial charge on any atom is -0.481 e. The van der Waals surface area contributed by atoms with E-state index in [4.69, 9.17) is 0 Å². The molecule has 5 rings (SSSR count). The molecule has 154 valence electrons. The van der Waals surface area contributed by atoms with E-state index in [-0.39, 0.29) is 18.4 Å². The maximum atomic E-state index is 13.0. The molecule has 0 bridgehead atoms. The van der Waals surface area contributed by atoms with Crippen LogP contribution in [0.3, 0.4) is 0 Å². The number of nitrogens with zero attached hydrogens (tertiary/aromatic N) is 1. The molecule has 2 aromatic carbocycles. The van der Waals surface area contributed by atoms with Crippen LogP contribution in [0.25, 0.3) is 33.0 Å². The minimum absolute atomic E-state index is 0.0910. The van der Waals surface area contributed by atoms with Crippen molar-refractivity contribution in [2.45, 2.75) is 12.8 Å². The largest absolute Gasteiger partial charge is 0.481 e. The first-order chi connectivity index (χ1) is 15.0. The van der Waals surface area contributed by atoms with Gasteiger partial charge in [0.1, 0.15) is 0 Å². The second-order valence-corrected chi connectivity index (χ2v) is 7.62. The average Bonchev–Trinajstić information content (AvgIpc) is 3.37. The molecule has 7 heteroatoms. The Morgan fingerprint density at radius 2 is 1.65 bits per heavy atom. The molecular formula is C24H19N3O4. The van der Waals surface area contributed by atoms with E-state index in [1.54, 1.807) is 0 Å². The topological polar surface area (TPSA) is 104 Å². The van der Waals surface area contributed by atoms with Gasteiger partial charge in [0.2, 0.25) is 0 Å². The third kappa shape index (κ3) is 2.93. The summed E-state index contributed by atoms with van der Waals surface area (Å²) in [5.74, 6) is -1.86. The maximum Gasteiger partial charge on any atom is 0.303 e. The Hall–Kier alpha value is -4.13. The van der Waals surface area contributed by atoms with Crippen LogP contribution in [0.5, 0.6) is 0 Å². The second kappa shape index (κ2) is 6.98. The van der Waals surface area contributed by atoms with Gasteiger partial charge in [-0.1, -0.05) is 36.4 Å². The molecule has 3 heterocycles. The Labute approximate surface area is 177 Å². The zero-order valence-electron chi connectivity index (χ0n) is 16.7. The zero-order chi connectivity index (χ0) is 21.7. The lowest BCUT2D eigenvalue weighted by atomic mass is 9.93. The van der Waals surface area contributed by atoms with Gasteiger partial charge >= 0.3 is 5.97 Å². The van der Waals surface area contributed by atoms with Crippen molar-refractivity contribution in [1.82, 2.24) is 14.9 Å². The number of carbonyl (C=O) groups is 3. The van der Waals surface area contributed by atoms with Crippen LogP contribution in [-0.2, 0) is 27.9 Å². The first-order valence-corrected chi connectivity index (χ1v) is 9.92. The van der Waals surface area contributed by atoms with Gasteiger partial charge in [0.05, 0.1) is 17.6 Å².